The lowest BCUT2D eigenvalue weighted by atomic mass is 10.0. The Morgan fingerprint density at radius 1 is 1.24 bits per heavy atom. The Morgan fingerprint density at radius 2 is 1.95 bits per heavy atom. The van der Waals surface area contributed by atoms with Crippen LogP contribution in [0.15, 0.2) is 24.5 Å². The molecule has 0 aliphatic carbocycles. The van der Waals surface area contributed by atoms with Crippen molar-refractivity contribution in [2.45, 2.75) is 38.8 Å². The van der Waals surface area contributed by atoms with Crippen molar-refractivity contribution in [3.05, 3.63) is 47.5 Å². The molecular weight excluding hydrogens is 274 g/mol. The van der Waals surface area contributed by atoms with Crippen molar-refractivity contribution in [1.82, 2.24) is 20.1 Å². The SMILES string of the molecule is CCCn1ncnc1CC(Cc1c(F)cccc1F)NC. The number of aromatic nitrogens is 3. The minimum Gasteiger partial charge on any atom is -0.316 e. The summed E-state index contributed by atoms with van der Waals surface area (Å²) in [7, 11) is 1.78. The van der Waals surface area contributed by atoms with Gasteiger partial charge in [0.1, 0.15) is 23.8 Å². The van der Waals surface area contributed by atoms with E-state index in [-0.39, 0.29) is 18.0 Å². The van der Waals surface area contributed by atoms with Crippen LogP contribution in [-0.4, -0.2) is 27.9 Å². The maximum Gasteiger partial charge on any atom is 0.138 e. The largest absolute Gasteiger partial charge is 0.316 e. The van der Waals surface area contributed by atoms with Gasteiger partial charge < -0.3 is 5.32 Å². The van der Waals surface area contributed by atoms with Gasteiger partial charge in [0, 0.05) is 24.6 Å². The Morgan fingerprint density at radius 3 is 2.57 bits per heavy atom. The van der Waals surface area contributed by atoms with E-state index in [0.29, 0.717) is 6.42 Å². The molecule has 0 aliphatic heterocycles. The molecule has 0 saturated heterocycles. The maximum atomic E-state index is 13.7. The van der Waals surface area contributed by atoms with Crippen LogP contribution in [0.3, 0.4) is 0 Å². The Labute approximate surface area is 123 Å². The molecule has 0 spiro atoms. The van der Waals surface area contributed by atoms with Crippen LogP contribution in [0, 0.1) is 11.6 Å². The topological polar surface area (TPSA) is 42.7 Å². The molecule has 0 saturated carbocycles. The Bertz CT molecular complexity index is 563. The number of benzene rings is 1. The third-order valence-corrected chi connectivity index (χ3v) is 3.48. The van der Waals surface area contributed by atoms with Crippen molar-refractivity contribution in [2.24, 2.45) is 0 Å². The van der Waals surface area contributed by atoms with Gasteiger partial charge in [-0.3, -0.25) is 4.68 Å². The summed E-state index contributed by atoms with van der Waals surface area (Å²) in [4.78, 5) is 4.23. The lowest BCUT2D eigenvalue weighted by Crippen LogP contribution is -2.32. The number of aryl methyl sites for hydroxylation is 1. The van der Waals surface area contributed by atoms with Gasteiger partial charge in [0.05, 0.1) is 0 Å². The van der Waals surface area contributed by atoms with Crippen molar-refractivity contribution in [3.8, 4) is 0 Å². The highest BCUT2D eigenvalue weighted by Gasteiger charge is 2.17. The normalized spacial score (nSPS) is 12.6. The quantitative estimate of drug-likeness (QED) is 0.852. The lowest BCUT2D eigenvalue weighted by Gasteiger charge is -2.17. The number of rotatable bonds is 7. The fourth-order valence-electron chi connectivity index (χ4n) is 2.32. The van der Waals surface area contributed by atoms with Gasteiger partial charge in [0.25, 0.3) is 0 Å². The van der Waals surface area contributed by atoms with Crippen LogP contribution >= 0.6 is 0 Å². The Balaban J connectivity index is 2.11. The second-order valence-corrected chi connectivity index (χ2v) is 4.99. The summed E-state index contributed by atoms with van der Waals surface area (Å²) in [5.41, 5.74) is 0.110. The minimum absolute atomic E-state index is 0.101. The van der Waals surface area contributed by atoms with E-state index in [1.807, 2.05) is 4.68 Å². The summed E-state index contributed by atoms with van der Waals surface area (Å²) in [6.45, 7) is 2.86. The number of nitrogens with one attached hydrogen (secondary N) is 1. The summed E-state index contributed by atoms with van der Waals surface area (Å²) in [5, 5.41) is 7.26. The molecule has 0 radical (unpaired) electrons. The van der Waals surface area contributed by atoms with Gasteiger partial charge in [-0.25, -0.2) is 13.8 Å². The molecule has 1 aromatic carbocycles. The van der Waals surface area contributed by atoms with E-state index in [1.165, 1.54) is 24.5 Å². The van der Waals surface area contributed by atoms with Crippen molar-refractivity contribution in [3.63, 3.8) is 0 Å². The van der Waals surface area contributed by atoms with Gasteiger partial charge in [-0.15, -0.1) is 0 Å². The highest BCUT2D eigenvalue weighted by molar-refractivity contribution is 5.21. The highest BCUT2D eigenvalue weighted by Crippen LogP contribution is 2.15. The van der Waals surface area contributed by atoms with Crippen LogP contribution in [0.5, 0.6) is 0 Å². The van der Waals surface area contributed by atoms with E-state index in [1.54, 1.807) is 7.05 Å². The van der Waals surface area contributed by atoms with Crippen molar-refractivity contribution in [1.29, 1.82) is 0 Å². The van der Waals surface area contributed by atoms with E-state index in [4.69, 9.17) is 0 Å². The fourth-order valence-corrected chi connectivity index (χ4v) is 2.32. The van der Waals surface area contributed by atoms with Crippen LogP contribution in [0.1, 0.15) is 24.7 Å². The molecule has 21 heavy (non-hydrogen) atoms. The minimum atomic E-state index is -0.509. The summed E-state index contributed by atoms with van der Waals surface area (Å²) in [6, 6.07) is 3.84. The maximum absolute atomic E-state index is 13.7. The second kappa shape index (κ2) is 7.26. The Hall–Kier alpha value is -1.82. The first-order chi connectivity index (χ1) is 10.2. The molecule has 1 unspecified atom stereocenters. The zero-order chi connectivity index (χ0) is 15.2. The number of hydrogen-bond acceptors (Lipinski definition) is 3. The predicted molar refractivity (Wildman–Crippen MR) is 76.9 cm³/mol. The average Bonchev–Trinajstić information content (AvgIpc) is 2.89. The predicted octanol–water partition coefficient (Wildman–Crippen LogP) is 2.34. The molecule has 1 atom stereocenters. The van der Waals surface area contributed by atoms with E-state index in [2.05, 4.69) is 22.3 Å². The molecule has 114 valence electrons. The lowest BCUT2D eigenvalue weighted by molar-refractivity contribution is 0.477. The molecule has 0 bridgehead atoms. The van der Waals surface area contributed by atoms with E-state index in [0.717, 1.165) is 18.8 Å². The zero-order valence-electron chi connectivity index (χ0n) is 12.3. The first kappa shape index (κ1) is 15.6. The van der Waals surface area contributed by atoms with Crippen molar-refractivity contribution in [2.75, 3.05) is 7.05 Å². The van der Waals surface area contributed by atoms with E-state index in [9.17, 15) is 8.78 Å². The number of halogens is 2. The van der Waals surface area contributed by atoms with Gasteiger partial charge >= 0.3 is 0 Å². The van der Waals surface area contributed by atoms with Crippen LogP contribution in [0.4, 0.5) is 8.78 Å². The summed E-state index contributed by atoms with van der Waals surface area (Å²) in [6.07, 6.45) is 3.32. The van der Waals surface area contributed by atoms with Crippen LogP contribution in [0.2, 0.25) is 0 Å². The molecule has 1 heterocycles. The third kappa shape index (κ3) is 3.85. The fraction of sp³-hybridized carbons (Fsp3) is 0.467. The summed E-state index contributed by atoms with van der Waals surface area (Å²) < 4.78 is 29.3. The molecule has 6 heteroatoms. The number of likely N-dealkylation sites (N-methyl/N-ethyl adjacent to an activating group) is 1. The molecule has 2 aromatic rings. The number of nitrogens with zero attached hydrogens (tertiary/aromatic N) is 3. The van der Waals surface area contributed by atoms with Crippen LogP contribution in [-0.2, 0) is 19.4 Å². The first-order valence-electron chi connectivity index (χ1n) is 7.12. The first-order valence-corrected chi connectivity index (χ1v) is 7.12. The van der Waals surface area contributed by atoms with Gasteiger partial charge in [-0.1, -0.05) is 13.0 Å². The summed E-state index contributed by atoms with van der Waals surface area (Å²) in [5.74, 6) is -0.191. The molecule has 0 amide bonds. The molecular formula is C15H20F2N4. The monoisotopic (exact) mass is 294 g/mol. The van der Waals surface area contributed by atoms with Crippen LogP contribution < -0.4 is 5.32 Å². The highest BCUT2D eigenvalue weighted by atomic mass is 19.1. The molecule has 0 aliphatic rings. The molecule has 0 fully saturated rings. The summed E-state index contributed by atoms with van der Waals surface area (Å²) >= 11 is 0. The molecule has 1 aromatic heterocycles. The van der Waals surface area contributed by atoms with Gasteiger partial charge in [-0.05, 0) is 32.0 Å². The zero-order valence-corrected chi connectivity index (χ0v) is 12.3. The molecule has 4 nitrogen and oxygen atoms in total. The second-order valence-electron chi connectivity index (χ2n) is 4.99. The third-order valence-electron chi connectivity index (χ3n) is 3.48. The van der Waals surface area contributed by atoms with Crippen molar-refractivity contribution < 1.29 is 8.78 Å². The molecule has 2 rings (SSSR count). The average molecular weight is 294 g/mol. The van der Waals surface area contributed by atoms with Gasteiger partial charge in [-0.2, -0.15) is 5.10 Å². The standard InChI is InChI=1S/C15H20F2N4/c1-3-7-21-15(19-10-20-21)9-11(18-2)8-12-13(16)5-4-6-14(12)17/h4-6,10-11,18H,3,7-9H2,1-2H3. The van der Waals surface area contributed by atoms with Gasteiger partial charge in [0.2, 0.25) is 0 Å². The molecule has 1 N–H and O–H groups in total. The van der Waals surface area contributed by atoms with E-state index >= 15 is 0 Å². The van der Waals surface area contributed by atoms with Crippen LogP contribution in [0.25, 0.3) is 0 Å². The van der Waals surface area contributed by atoms with Crippen molar-refractivity contribution >= 4 is 0 Å². The Kier molecular flexibility index (Phi) is 5.38. The van der Waals surface area contributed by atoms with E-state index < -0.39 is 11.6 Å². The van der Waals surface area contributed by atoms with Gasteiger partial charge in [0.15, 0.2) is 0 Å². The smallest absolute Gasteiger partial charge is 0.138 e. The number of hydrogen-bond donors (Lipinski definition) is 1.